The standard InChI is InChI=1S/C7H2Cl2F2INO/c8-3-4(12)2(7(10)11)1-13-5(3)6(9)14/h1,7H. The second-order valence-electron chi connectivity index (χ2n) is 2.26. The zero-order chi connectivity index (χ0) is 10.9. The fourth-order valence-electron chi connectivity index (χ4n) is 0.767. The van der Waals surface area contributed by atoms with Crippen LogP contribution >= 0.6 is 45.8 Å². The van der Waals surface area contributed by atoms with Gasteiger partial charge in [-0.1, -0.05) is 11.6 Å². The van der Waals surface area contributed by atoms with Gasteiger partial charge in [-0.15, -0.1) is 0 Å². The minimum absolute atomic E-state index is 0.0956. The molecule has 0 N–H and O–H groups in total. The minimum atomic E-state index is -2.67. The number of carbonyl (C=O) groups is 1. The number of nitrogens with zero attached hydrogens (tertiary/aromatic N) is 1. The molecule has 0 aliphatic rings. The van der Waals surface area contributed by atoms with E-state index in [-0.39, 0.29) is 19.9 Å². The van der Waals surface area contributed by atoms with Gasteiger partial charge >= 0.3 is 0 Å². The van der Waals surface area contributed by atoms with Crippen molar-refractivity contribution in [2.75, 3.05) is 0 Å². The van der Waals surface area contributed by atoms with Crippen LogP contribution in [-0.2, 0) is 0 Å². The maximum atomic E-state index is 12.3. The van der Waals surface area contributed by atoms with Gasteiger partial charge in [-0.25, -0.2) is 13.8 Å². The molecular weight excluding hydrogens is 350 g/mol. The third-order valence-corrected chi connectivity index (χ3v) is 3.44. The Kier molecular flexibility index (Phi) is 4.03. The van der Waals surface area contributed by atoms with Gasteiger partial charge in [-0.2, -0.15) is 0 Å². The zero-order valence-electron chi connectivity index (χ0n) is 6.40. The third kappa shape index (κ3) is 2.32. The molecule has 0 aliphatic carbocycles. The van der Waals surface area contributed by atoms with E-state index in [1.165, 1.54) is 0 Å². The summed E-state index contributed by atoms with van der Waals surface area (Å²) in [5.74, 6) is 0. The lowest BCUT2D eigenvalue weighted by Crippen LogP contribution is -2.01. The molecule has 1 heterocycles. The summed E-state index contributed by atoms with van der Waals surface area (Å²) < 4.78 is 24.7. The van der Waals surface area contributed by atoms with Gasteiger partial charge in [0.1, 0.15) is 5.69 Å². The summed E-state index contributed by atoms with van der Waals surface area (Å²) in [6.45, 7) is 0. The largest absolute Gasteiger partial charge is 0.274 e. The van der Waals surface area contributed by atoms with Gasteiger partial charge in [-0.05, 0) is 34.2 Å². The molecule has 1 rings (SSSR count). The van der Waals surface area contributed by atoms with Crippen LogP contribution in [0.1, 0.15) is 22.5 Å². The van der Waals surface area contributed by atoms with Crippen molar-refractivity contribution in [3.8, 4) is 0 Å². The van der Waals surface area contributed by atoms with Crippen LogP contribution in [-0.4, -0.2) is 10.2 Å². The fourth-order valence-corrected chi connectivity index (χ4v) is 1.83. The summed E-state index contributed by atoms with van der Waals surface area (Å²) in [6, 6.07) is 0. The van der Waals surface area contributed by atoms with Gasteiger partial charge in [0.2, 0.25) is 0 Å². The van der Waals surface area contributed by atoms with Gasteiger partial charge < -0.3 is 0 Å². The number of aromatic nitrogens is 1. The van der Waals surface area contributed by atoms with Crippen LogP contribution in [0.2, 0.25) is 5.02 Å². The highest BCUT2D eigenvalue weighted by atomic mass is 127. The van der Waals surface area contributed by atoms with Crippen molar-refractivity contribution in [3.63, 3.8) is 0 Å². The summed E-state index contributed by atoms with van der Waals surface area (Å²) >= 11 is 12.4. The highest BCUT2D eigenvalue weighted by Gasteiger charge is 2.19. The number of carbonyl (C=O) groups excluding carboxylic acids is 1. The maximum absolute atomic E-state index is 12.3. The topological polar surface area (TPSA) is 30.0 Å². The Labute approximate surface area is 102 Å². The molecule has 0 atom stereocenters. The first kappa shape index (κ1) is 12.1. The van der Waals surface area contributed by atoms with Crippen molar-refractivity contribution in [2.24, 2.45) is 0 Å². The van der Waals surface area contributed by atoms with Crippen LogP contribution in [0.4, 0.5) is 8.78 Å². The number of pyridine rings is 1. The fraction of sp³-hybridized carbons (Fsp3) is 0.143. The van der Waals surface area contributed by atoms with E-state index < -0.39 is 11.7 Å². The highest BCUT2D eigenvalue weighted by Crippen LogP contribution is 2.31. The van der Waals surface area contributed by atoms with E-state index in [1.807, 2.05) is 0 Å². The first-order valence-corrected chi connectivity index (χ1v) is 5.10. The Morgan fingerprint density at radius 2 is 2.14 bits per heavy atom. The Hall–Kier alpha value is -0.0100. The molecule has 0 saturated carbocycles. The van der Waals surface area contributed by atoms with Crippen LogP contribution in [0.5, 0.6) is 0 Å². The predicted octanol–water partition coefficient (Wildman–Crippen LogP) is 3.66. The van der Waals surface area contributed by atoms with Gasteiger partial charge in [0, 0.05) is 9.77 Å². The van der Waals surface area contributed by atoms with Crippen LogP contribution in [0.15, 0.2) is 6.20 Å². The summed E-state index contributed by atoms with van der Waals surface area (Å²) in [7, 11) is 0. The monoisotopic (exact) mass is 351 g/mol. The molecule has 0 unspecified atom stereocenters. The molecular formula is C7H2Cl2F2INO. The van der Waals surface area contributed by atoms with Crippen molar-refractivity contribution in [1.82, 2.24) is 4.98 Å². The molecule has 76 valence electrons. The molecule has 0 aromatic carbocycles. The van der Waals surface area contributed by atoms with Crippen molar-refractivity contribution in [3.05, 3.63) is 26.0 Å². The van der Waals surface area contributed by atoms with E-state index in [2.05, 4.69) is 4.98 Å². The number of rotatable bonds is 2. The van der Waals surface area contributed by atoms with E-state index in [4.69, 9.17) is 23.2 Å². The molecule has 7 heteroatoms. The first-order valence-electron chi connectivity index (χ1n) is 3.27. The number of alkyl halides is 2. The molecule has 2 nitrogen and oxygen atoms in total. The number of hydrogen-bond acceptors (Lipinski definition) is 2. The minimum Gasteiger partial charge on any atom is -0.274 e. The number of hydrogen-bond donors (Lipinski definition) is 0. The van der Waals surface area contributed by atoms with Crippen LogP contribution in [0, 0.1) is 3.57 Å². The molecule has 0 bridgehead atoms. The molecule has 0 saturated heterocycles. The average Bonchev–Trinajstić information content (AvgIpc) is 2.08. The molecule has 0 spiro atoms. The Morgan fingerprint density at radius 1 is 1.57 bits per heavy atom. The summed E-state index contributed by atoms with van der Waals surface area (Å²) in [5, 5.41) is -1.00. The highest BCUT2D eigenvalue weighted by molar-refractivity contribution is 14.1. The van der Waals surface area contributed by atoms with Crippen molar-refractivity contribution < 1.29 is 13.6 Å². The number of halogens is 5. The van der Waals surface area contributed by atoms with E-state index in [9.17, 15) is 13.6 Å². The van der Waals surface area contributed by atoms with E-state index in [0.29, 0.717) is 0 Å². The molecule has 1 aromatic heterocycles. The predicted molar refractivity (Wildman–Crippen MR) is 57.1 cm³/mol. The van der Waals surface area contributed by atoms with Gasteiger partial charge in [0.05, 0.1) is 10.6 Å². The Morgan fingerprint density at radius 3 is 2.57 bits per heavy atom. The smallest absolute Gasteiger partial charge is 0.272 e. The second kappa shape index (κ2) is 4.67. The SMILES string of the molecule is O=C(Cl)c1ncc(C(F)F)c(I)c1Cl. The third-order valence-electron chi connectivity index (χ3n) is 1.41. The normalized spacial score (nSPS) is 10.7. The molecule has 1 aromatic rings. The molecule has 0 fully saturated rings. The zero-order valence-corrected chi connectivity index (χ0v) is 10.1. The Balaban J connectivity index is 3.33. The molecule has 0 amide bonds. The van der Waals surface area contributed by atoms with Crippen molar-refractivity contribution in [2.45, 2.75) is 6.43 Å². The molecule has 14 heavy (non-hydrogen) atoms. The Bertz CT molecular complexity index is 386. The van der Waals surface area contributed by atoms with Crippen molar-refractivity contribution in [1.29, 1.82) is 0 Å². The van der Waals surface area contributed by atoms with Gasteiger partial charge in [-0.3, -0.25) is 4.79 Å². The summed E-state index contributed by atoms with van der Waals surface area (Å²) in [5.41, 5.74) is -0.514. The van der Waals surface area contributed by atoms with Crippen LogP contribution in [0.3, 0.4) is 0 Å². The van der Waals surface area contributed by atoms with Crippen molar-refractivity contribution >= 4 is 51.0 Å². The molecule has 0 radical (unpaired) electrons. The van der Waals surface area contributed by atoms with Crippen LogP contribution in [0.25, 0.3) is 0 Å². The van der Waals surface area contributed by atoms with Gasteiger partial charge in [0.15, 0.2) is 0 Å². The lowest BCUT2D eigenvalue weighted by atomic mass is 10.2. The summed E-state index contributed by atoms with van der Waals surface area (Å²) in [4.78, 5) is 14.2. The van der Waals surface area contributed by atoms with E-state index in [0.717, 1.165) is 6.20 Å². The quantitative estimate of drug-likeness (QED) is 0.601. The average molecular weight is 352 g/mol. The van der Waals surface area contributed by atoms with E-state index >= 15 is 0 Å². The summed E-state index contributed by atoms with van der Waals surface area (Å²) in [6.07, 6.45) is -1.78. The molecule has 0 aliphatic heterocycles. The van der Waals surface area contributed by atoms with Gasteiger partial charge in [0.25, 0.3) is 11.7 Å². The lowest BCUT2D eigenvalue weighted by Gasteiger charge is -2.06. The first-order chi connectivity index (χ1) is 6.45. The second-order valence-corrected chi connectivity index (χ2v) is 4.06. The maximum Gasteiger partial charge on any atom is 0.272 e. The van der Waals surface area contributed by atoms with E-state index in [1.54, 1.807) is 22.6 Å². The van der Waals surface area contributed by atoms with Crippen LogP contribution < -0.4 is 0 Å². The lowest BCUT2D eigenvalue weighted by molar-refractivity contribution is 0.107.